The fraction of sp³-hybridized carbons (Fsp3) is 0.481. The lowest BCUT2D eigenvalue weighted by Gasteiger charge is -2.37. The molecule has 36 heavy (non-hydrogen) atoms. The first-order valence-electron chi connectivity index (χ1n) is 12.8. The van der Waals surface area contributed by atoms with E-state index in [-0.39, 0.29) is 29.3 Å². The first-order valence-corrected chi connectivity index (χ1v) is 12.8. The summed E-state index contributed by atoms with van der Waals surface area (Å²) in [5, 5.41) is 12.1. The molecular formula is C27H32N4O5. The van der Waals surface area contributed by atoms with Crippen molar-refractivity contribution in [1.82, 2.24) is 0 Å². The van der Waals surface area contributed by atoms with Gasteiger partial charge in [0, 0.05) is 32.2 Å². The maximum atomic E-state index is 13.1. The van der Waals surface area contributed by atoms with Gasteiger partial charge in [0.25, 0.3) is 5.69 Å². The molecule has 190 valence electrons. The van der Waals surface area contributed by atoms with Crippen LogP contribution in [0.2, 0.25) is 0 Å². The molecule has 0 spiro atoms. The van der Waals surface area contributed by atoms with Gasteiger partial charge < -0.3 is 14.5 Å². The van der Waals surface area contributed by atoms with Crippen molar-refractivity contribution in [2.75, 3.05) is 47.5 Å². The van der Waals surface area contributed by atoms with Crippen LogP contribution >= 0.6 is 0 Å². The maximum Gasteiger partial charge on any atom is 0.294 e. The van der Waals surface area contributed by atoms with Crippen LogP contribution in [0, 0.1) is 27.9 Å². The topological polar surface area (TPSA) is 96.2 Å². The number of nitro benzene ring substituents is 1. The number of carbonyl (C=O) groups excluding carboxylic acids is 2. The molecule has 2 amide bonds. The average molecular weight is 493 g/mol. The van der Waals surface area contributed by atoms with E-state index in [0.717, 1.165) is 17.9 Å². The van der Waals surface area contributed by atoms with Gasteiger partial charge in [-0.2, -0.15) is 0 Å². The SMILES string of the molecule is CCOc1ccccc1N1CCN(c2ccc(N3C(=O)[C@H]4C[C@@H](C)CC[C@H]4C3=O)cc2[N+](=O)[O-])CC1. The summed E-state index contributed by atoms with van der Waals surface area (Å²) in [4.78, 5) is 43.2. The highest BCUT2D eigenvalue weighted by Gasteiger charge is 2.50. The summed E-state index contributed by atoms with van der Waals surface area (Å²) in [5.74, 6) is 0.172. The van der Waals surface area contributed by atoms with Crippen LogP contribution in [0.1, 0.15) is 33.1 Å². The van der Waals surface area contributed by atoms with E-state index in [1.54, 1.807) is 12.1 Å². The van der Waals surface area contributed by atoms with E-state index in [0.29, 0.717) is 62.9 Å². The lowest BCUT2D eigenvalue weighted by Crippen LogP contribution is -2.46. The van der Waals surface area contributed by atoms with Crippen molar-refractivity contribution in [2.24, 2.45) is 17.8 Å². The van der Waals surface area contributed by atoms with E-state index >= 15 is 0 Å². The molecule has 2 aromatic carbocycles. The number of ether oxygens (including phenoxy) is 1. The van der Waals surface area contributed by atoms with Crippen molar-refractivity contribution >= 4 is 34.6 Å². The third kappa shape index (κ3) is 4.27. The highest BCUT2D eigenvalue weighted by Crippen LogP contribution is 2.43. The fourth-order valence-corrected chi connectivity index (χ4v) is 5.89. The summed E-state index contributed by atoms with van der Waals surface area (Å²) >= 11 is 0. The molecule has 0 unspecified atom stereocenters. The van der Waals surface area contributed by atoms with E-state index in [4.69, 9.17) is 4.74 Å². The van der Waals surface area contributed by atoms with Gasteiger partial charge in [-0.15, -0.1) is 0 Å². The van der Waals surface area contributed by atoms with Crippen molar-refractivity contribution in [3.8, 4) is 5.75 Å². The monoisotopic (exact) mass is 492 g/mol. The van der Waals surface area contributed by atoms with Gasteiger partial charge in [0.2, 0.25) is 11.8 Å². The fourth-order valence-electron chi connectivity index (χ4n) is 5.89. The Hall–Kier alpha value is -3.62. The molecule has 0 radical (unpaired) electrons. The average Bonchev–Trinajstić information content (AvgIpc) is 3.13. The summed E-state index contributed by atoms with van der Waals surface area (Å²) in [6, 6.07) is 12.7. The molecule has 3 fully saturated rings. The predicted molar refractivity (Wildman–Crippen MR) is 138 cm³/mol. The molecular weight excluding hydrogens is 460 g/mol. The molecule has 3 aliphatic rings. The number of nitrogens with zero attached hydrogens (tertiary/aromatic N) is 4. The van der Waals surface area contributed by atoms with E-state index in [1.165, 1.54) is 11.0 Å². The number of para-hydroxylation sites is 2. The molecule has 1 aliphatic carbocycles. The van der Waals surface area contributed by atoms with E-state index in [1.807, 2.05) is 36.1 Å². The number of benzene rings is 2. The smallest absolute Gasteiger partial charge is 0.294 e. The molecule has 5 rings (SSSR count). The lowest BCUT2D eigenvalue weighted by atomic mass is 9.76. The van der Waals surface area contributed by atoms with E-state index in [9.17, 15) is 19.7 Å². The Labute approximate surface area is 210 Å². The molecule has 2 saturated heterocycles. The Bertz CT molecular complexity index is 1180. The summed E-state index contributed by atoms with van der Waals surface area (Å²) in [7, 11) is 0. The van der Waals surface area contributed by atoms with Gasteiger partial charge in [-0.3, -0.25) is 19.7 Å². The van der Waals surface area contributed by atoms with Gasteiger partial charge in [-0.25, -0.2) is 4.90 Å². The summed E-state index contributed by atoms with van der Waals surface area (Å²) < 4.78 is 5.77. The van der Waals surface area contributed by atoms with Crippen LogP contribution in [-0.4, -0.2) is 49.5 Å². The summed E-state index contributed by atoms with van der Waals surface area (Å²) in [6.45, 7) is 7.22. The van der Waals surface area contributed by atoms with Crippen molar-refractivity contribution in [3.05, 3.63) is 52.6 Å². The van der Waals surface area contributed by atoms with Crippen molar-refractivity contribution in [1.29, 1.82) is 0 Å². The number of piperazine rings is 1. The normalized spacial score (nSPS) is 24.2. The number of hydrogen-bond donors (Lipinski definition) is 0. The van der Waals surface area contributed by atoms with Gasteiger partial charge in [0.1, 0.15) is 11.4 Å². The van der Waals surface area contributed by atoms with Crippen LogP contribution in [0.3, 0.4) is 0 Å². The van der Waals surface area contributed by atoms with Gasteiger partial charge in [0.05, 0.1) is 34.7 Å². The van der Waals surface area contributed by atoms with E-state index in [2.05, 4.69) is 11.8 Å². The molecule has 0 aromatic heterocycles. The Kier molecular flexibility index (Phi) is 6.55. The molecule has 2 aliphatic heterocycles. The Morgan fingerprint density at radius 2 is 1.61 bits per heavy atom. The number of imide groups is 1. The highest BCUT2D eigenvalue weighted by atomic mass is 16.6. The minimum absolute atomic E-state index is 0.0838. The number of rotatable bonds is 6. The number of amides is 2. The second kappa shape index (κ2) is 9.79. The zero-order chi connectivity index (χ0) is 25.4. The van der Waals surface area contributed by atoms with Crippen molar-refractivity contribution in [3.63, 3.8) is 0 Å². The molecule has 3 atom stereocenters. The first kappa shape index (κ1) is 24.1. The van der Waals surface area contributed by atoms with Gasteiger partial charge >= 0.3 is 0 Å². The third-order valence-corrected chi connectivity index (χ3v) is 7.73. The number of hydrogen-bond acceptors (Lipinski definition) is 7. The van der Waals surface area contributed by atoms with Gasteiger partial charge in [0.15, 0.2) is 0 Å². The standard InChI is InChI=1S/C27H32N4O5/c1-3-36-25-7-5-4-6-23(25)29-14-12-28(13-15-29)22-11-9-19(17-24(22)31(34)35)30-26(32)20-10-8-18(2)16-21(20)27(30)33/h4-7,9,11,17-18,20-21H,3,8,10,12-16H2,1-2H3/t18-,20+,21-/m0/s1. The maximum absolute atomic E-state index is 13.1. The molecule has 1 saturated carbocycles. The summed E-state index contributed by atoms with van der Waals surface area (Å²) in [6.07, 6.45) is 2.32. The Balaban J connectivity index is 1.36. The largest absolute Gasteiger partial charge is 0.492 e. The van der Waals surface area contributed by atoms with Crippen LogP contribution in [0.4, 0.5) is 22.7 Å². The van der Waals surface area contributed by atoms with Crippen LogP contribution < -0.4 is 19.4 Å². The Morgan fingerprint density at radius 3 is 2.31 bits per heavy atom. The summed E-state index contributed by atoms with van der Waals surface area (Å²) in [5.41, 5.74) is 1.74. The predicted octanol–water partition coefficient (Wildman–Crippen LogP) is 4.25. The van der Waals surface area contributed by atoms with Gasteiger partial charge in [-0.05, 0) is 56.4 Å². The van der Waals surface area contributed by atoms with Gasteiger partial charge in [-0.1, -0.05) is 19.1 Å². The zero-order valence-electron chi connectivity index (χ0n) is 20.8. The van der Waals surface area contributed by atoms with Crippen molar-refractivity contribution in [2.45, 2.75) is 33.1 Å². The molecule has 9 nitrogen and oxygen atoms in total. The third-order valence-electron chi connectivity index (χ3n) is 7.73. The minimum atomic E-state index is -0.421. The molecule has 9 heteroatoms. The van der Waals surface area contributed by atoms with Crippen molar-refractivity contribution < 1.29 is 19.2 Å². The minimum Gasteiger partial charge on any atom is -0.492 e. The molecule has 0 bridgehead atoms. The second-order valence-corrected chi connectivity index (χ2v) is 9.95. The quantitative estimate of drug-likeness (QED) is 0.338. The van der Waals surface area contributed by atoms with Crippen LogP contribution in [-0.2, 0) is 9.59 Å². The first-order chi connectivity index (χ1) is 17.4. The number of anilines is 3. The van der Waals surface area contributed by atoms with Crippen LogP contribution in [0.25, 0.3) is 0 Å². The zero-order valence-corrected chi connectivity index (χ0v) is 20.8. The van der Waals surface area contributed by atoms with Crippen LogP contribution in [0.15, 0.2) is 42.5 Å². The van der Waals surface area contributed by atoms with E-state index < -0.39 is 4.92 Å². The highest BCUT2D eigenvalue weighted by molar-refractivity contribution is 6.22. The Morgan fingerprint density at radius 1 is 0.944 bits per heavy atom. The van der Waals surface area contributed by atoms with Crippen LogP contribution in [0.5, 0.6) is 5.75 Å². The molecule has 2 aromatic rings. The molecule has 0 N–H and O–H groups in total. The number of fused-ring (bicyclic) bond motifs is 1. The lowest BCUT2D eigenvalue weighted by molar-refractivity contribution is -0.384. The molecule has 2 heterocycles. The second-order valence-electron chi connectivity index (χ2n) is 9.95. The number of carbonyl (C=O) groups is 2. The number of nitro groups is 1.